The molecule has 3 atom stereocenters. The Labute approximate surface area is 522 Å². The van der Waals surface area contributed by atoms with Crippen LogP contribution in [0.3, 0.4) is 0 Å². The van der Waals surface area contributed by atoms with E-state index < -0.39 is 35.0 Å². The molecule has 6 aromatic rings. The van der Waals surface area contributed by atoms with Crippen LogP contribution < -0.4 is 25.8 Å². The molecule has 4 aromatic carbocycles. The number of fused-ring (bicyclic) bond motifs is 6. The van der Waals surface area contributed by atoms with Crippen molar-refractivity contribution in [2.45, 2.75) is 160 Å². The molecule has 3 N–H and O–H groups in total. The summed E-state index contributed by atoms with van der Waals surface area (Å²) in [6.45, 7) is 15.2. The first kappa shape index (κ1) is 60.1. The second-order valence-electron chi connectivity index (χ2n) is 26.4. The highest BCUT2D eigenvalue weighted by molar-refractivity contribution is 6.22. The molecule has 20 nitrogen and oxygen atoms in total. The van der Waals surface area contributed by atoms with Gasteiger partial charge in [-0.05, 0) is 190 Å². The maximum atomic E-state index is 16.0. The number of nitrogens with zero attached hydrogens (tertiary/aromatic N) is 9. The molecule has 90 heavy (non-hydrogen) atoms. The number of nitrogens with one attached hydrogen (secondary N) is 3. The normalized spacial score (nSPS) is 21.5. The summed E-state index contributed by atoms with van der Waals surface area (Å²) in [4.78, 5) is 129. The molecule has 1 aliphatic carbocycles. The molecule has 7 aliphatic rings. The van der Waals surface area contributed by atoms with Gasteiger partial charge in [0.15, 0.2) is 5.82 Å². The second-order valence-corrected chi connectivity index (χ2v) is 26.4. The number of imidazole rings is 1. The minimum Gasteiger partial charge on any atom is -0.367 e. The van der Waals surface area contributed by atoms with Crippen molar-refractivity contribution < 1.29 is 42.7 Å². The minimum atomic E-state index is -0.860. The van der Waals surface area contributed by atoms with Crippen LogP contribution in [0.15, 0.2) is 85.2 Å². The number of amides is 8. The lowest BCUT2D eigenvalue weighted by molar-refractivity contribution is -0.126. The number of likely N-dealkylation sites (tertiary alicyclic amines) is 2. The lowest BCUT2D eigenvalue weighted by atomic mass is 9.73. The van der Waals surface area contributed by atoms with E-state index in [1.54, 1.807) is 56.6 Å². The van der Waals surface area contributed by atoms with Gasteiger partial charge in [-0.25, -0.2) is 14.4 Å². The Morgan fingerprint density at radius 1 is 0.767 bits per heavy atom. The fourth-order valence-electron chi connectivity index (χ4n) is 15.2. The molecule has 2 aromatic heterocycles. The number of piperazine rings is 1. The largest absolute Gasteiger partial charge is 0.367 e. The molecule has 1 spiro atoms. The molecular formula is C69H77FN12O8. The standard InChI is InChI=1S/C69H77FN12O8/c1-39(2)73-63(85)52-33-57(55(70)28-41(52)5)75-62-61-58(71-37-79(61)40(3)4)34-56(74-62)45-15-20-54-59(29-45)82(50-30-49(31-50)76-24-8-7-9-25-76)68(90)69(54)22-26-77(27-23-69)64(86)43-11-13-44(14-12-43)65(87)81-47-16-17-48(81)36-78(35-47)46-18-19-51-53(32-46)67(89)80(66(51)88)42(6)10-21-60(84)72-38-83/h11-15,18-20,28-29,32-34,37-40,42,47-50H,7-10,16-17,21-27,30-31,35-36H2,1-6H3,(H,73,85)(H,74,75)(H,72,83,84). The summed E-state index contributed by atoms with van der Waals surface area (Å²) in [5.41, 5.74) is 6.85. The number of piperidine rings is 2. The zero-order valence-electron chi connectivity index (χ0n) is 51.9. The van der Waals surface area contributed by atoms with Crippen molar-refractivity contribution in [1.82, 2.24) is 44.8 Å². The highest BCUT2D eigenvalue weighted by Crippen LogP contribution is 2.53. The van der Waals surface area contributed by atoms with E-state index in [-0.39, 0.29) is 72.4 Å². The number of imide groups is 2. The van der Waals surface area contributed by atoms with Crippen molar-refractivity contribution in [3.05, 3.63) is 130 Å². The maximum Gasteiger partial charge on any atom is 0.261 e. The zero-order valence-corrected chi connectivity index (χ0v) is 51.9. The van der Waals surface area contributed by atoms with Crippen LogP contribution in [-0.2, 0) is 19.8 Å². The summed E-state index contributed by atoms with van der Waals surface area (Å²) in [5, 5.41) is 8.28. The van der Waals surface area contributed by atoms with E-state index in [9.17, 15) is 33.6 Å². The van der Waals surface area contributed by atoms with E-state index in [4.69, 9.17) is 9.97 Å². The highest BCUT2D eigenvalue weighted by atomic mass is 19.1. The maximum absolute atomic E-state index is 16.0. The molecular weight excluding hydrogens is 1140 g/mol. The van der Waals surface area contributed by atoms with Gasteiger partial charge in [0, 0.05) is 109 Å². The molecule has 468 valence electrons. The third-order valence-electron chi connectivity index (χ3n) is 20.1. The van der Waals surface area contributed by atoms with E-state index in [0.29, 0.717) is 107 Å². The first-order valence-corrected chi connectivity index (χ1v) is 32.0. The van der Waals surface area contributed by atoms with Gasteiger partial charge in [-0.15, -0.1) is 0 Å². The molecule has 5 fully saturated rings. The Hall–Kier alpha value is -8.85. The third-order valence-corrected chi connectivity index (χ3v) is 20.1. The van der Waals surface area contributed by atoms with Crippen molar-refractivity contribution in [3.63, 3.8) is 0 Å². The Morgan fingerprint density at radius 2 is 1.46 bits per heavy atom. The molecule has 2 bridgehead atoms. The van der Waals surface area contributed by atoms with E-state index in [0.717, 1.165) is 61.3 Å². The van der Waals surface area contributed by atoms with Crippen molar-refractivity contribution >= 4 is 81.7 Å². The molecule has 8 amide bonds. The van der Waals surface area contributed by atoms with Gasteiger partial charge in [-0.3, -0.25) is 48.6 Å². The quantitative estimate of drug-likeness (QED) is 0.0609. The Morgan fingerprint density at radius 3 is 2.13 bits per heavy atom. The predicted molar refractivity (Wildman–Crippen MR) is 338 cm³/mol. The first-order chi connectivity index (χ1) is 43.3. The number of aromatic nitrogens is 3. The van der Waals surface area contributed by atoms with Crippen LogP contribution in [0.2, 0.25) is 0 Å². The van der Waals surface area contributed by atoms with Crippen LogP contribution in [0.5, 0.6) is 0 Å². The van der Waals surface area contributed by atoms with Crippen LogP contribution in [0, 0.1) is 12.7 Å². The molecule has 6 aliphatic heterocycles. The number of aryl methyl sites for hydroxylation is 1. The fourth-order valence-corrected chi connectivity index (χ4v) is 15.2. The summed E-state index contributed by atoms with van der Waals surface area (Å²) in [7, 11) is 0. The summed E-state index contributed by atoms with van der Waals surface area (Å²) in [6.07, 6.45) is 10.1. The van der Waals surface area contributed by atoms with Crippen molar-refractivity contribution in [3.8, 4) is 11.3 Å². The van der Waals surface area contributed by atoms with Gasteiger partial charge in [0.05, 0.1) is 39.8 Å². The van der Waals surface area contributed by atoms with Crippen LogP contribution >= 0.6 is 0 Å². The van der Waals surface area contributed by atoms with Gasteiger partial charge in [-0.2, -0.15) is 0 Å². The summed E-state index contributed by atoms with van der Waals surface area (Å²) < 4.78 is 18.0. The third kappa shape index (κ3) is 10.6. The number of hydrogen-bond acceptors (Lipinski definition) is 13. The van der Waals surface area contributed by atoms with Crippen LogP contribution in [0.1, 0.15) is 174 Å². The zero-order chi connectivity index (χ0) is 63.0. The van der Waals surface area contributed by atoms with Gasteiger partial charge in [-0.1, -0.05) is 18.6 Å². The molecule has 0 radical (unpaired) electrons. The Kier molecular flexibility index (Phi) is 15.9. The van der Waals surface area contributed by atoms with Crippen molar-refractivity contribution in [1.29, 1.82) is 0 Å². The smallest absolute Gasteiger partial charge is 0.261 e. The van der Waals surface area contributed by atoms with Gasteiger partial charge < -0.3 is 39.7 Å². The van der Waals surface area contributed by atoms with Crippen LogP contribution in [0.4, 0.5) is 27.3 Å². The van der Waals surface area contributed by atoms with E-state index >= 15 is 9.18 Å². The van der Waals surface area contributed by atoms with Gasteiger partial charge in [0.25, 0.3) is 29.5 Å². The number of anilines is 4. The number of carbonyl (C=O) groups excluding carboxylic acids is 8. The number of rotatable bonds is 16. The molecule has 21 heteroatoms. The second kappa shape index (κ2) is 23.8. The van der Waals surface area contributed by atoms with Gasteiger partial charge in [0.1, 0.15) is 11.3 Å². The lowest BCUT2D eigenvalue weighted by Gasteiger charge is -2.48. The number of hydrogen-bond donors (Lipinski definition) is 3. The number of halogens is 1. The van der Waals surface area contributed by atoms with Crippen LogP contribution in [-0.4, -0.2) is 157 Å². The topological polar surface area (TPSA) is 223 Å². The number of benzene rings is 4. The molecule has 13 rings (SSSR count). The lowest BCUT2D eigenvalue weighted by Crippen LogP contribution is -2.58. The summed E-state index contributed by atoms with van der Waals surface area (Å²) in [5.74, 6) is -2.03. The Bertz CT molecular complexity index is 3900. The van der Waals surface area contributed by atoms with Crippen LogP contribution in [0.25, 0.3) is 22.3 Å². The van der Waals surface area contributed by atoms with E-state index in [2.05, 4.69) is 42.8 Å². The van der Waals surface area contributed by atoms with Crippen molar-refractivity contribution in [2.24, 2.45) is 0 Å². The average Bonchev–Trinajstić information content (AvgIpc) is 1.56. The first-order valence-electron chi connectivity index (χ1n) is 32.0. The van der Waals surface area contributed by atoms with Gasteiger partial charge >= 0.3 is 0 Å². The molecule has 3 unspecified atom stereocenters. The van der Waals surface area contributed by atoms with E-state index in [1.165, 1.54) is 36.3 Å². The molecule has 1 saturated carbocycles. The summed E-state index contributed by atoms with van der Waals surface area (Å²) in [6, 6.07) is 22.6. The number of carbonyl (C=O) groups is 8. The fraction of sp³-hybridized carbons (Fsp3) is 0.449. The van der Waals surface area contributed by atoms with Gasteiger partial charge in [0.2, 0.25) is 18.2 Å². The van der Waals surface area contributed by atoms with E-state index in [1.807, 2.05) is 60.3 Å². The minimum absolute atomic E-state index is 0.00335. The molecule has 8 heterocycles. The Balaban J connectivity index is 0.712. The average molecular weight is 1220 g/mol. The van der Waals surface area contributed by atoms with Crippen molar-refractivity contribution in [2.75, 3.05) is 54.4 Å². The monoisotopic (exact) mass is 1220 g/mol. The highest BCUT2D eigenvalue weighted by Gasteiger charge is 2.56. The number of pyridine rings is 1. The molecule has 4 saturated heterocycles. The SMILES string of the molecule is Cc1cc(F)c(Nc2nc(-c3ccc4c(c3)N(C3CC(N5CCCCC5)C3)C(=O)C43CCN(C(=O)c4ccc(C(=O)N5C6CCC5CN(c5ccc7c(c5)C(=O)N(C(C)CCC(=O)NC=O)C7=O)C6)cc4)CC3)cc3ncn(C(C)C)c23)cc1C(=O)NC(C)C. The summed E-state index contributed by atoms with van der Waals surface area (Å²) >= 11 is 0. The predicted octanol–water partition coefficient (Wildman–Crippen LogP) is 9.08.